The lowest BCUT2D eigenvalue weighted by molar-refractivity contribution is 0.279. The van der Waals surface area contributed by atoms with E-state index in [2.05, 4.69) is 38.9 Å². The summed E-state index contributed by atoms with van der Waals surface area (Å²) in [6, 6.07) is 0.560. The number of hydrogen-bond donors (Lipinski definition) is 1. The molecule has 106 valence electrons. The van der Waals surface area contributed by atoms with Crippen molar-refractivity contribution in [1.29, 1.82) is 0 Å². The van der Waals surface area contributed by atoms with Crippen molar-refractivity contribution in [2.75, 3.05) is 6.54 Å². The quantitative estimate of drug-likeness (QED) is 0.732. The van der Waals surface area contributed by atoms with Crippen molar-refractivity contribution in [2.24, 2.45) is 17.8 Å². The second kappa shape index (κ2) is 6.28. The lowest BCUT2D eigenvalue weighted by atomic mass is 9.83. The number of hydrogen-bond acceptors (Lipinski definition) is 2. The van der Waals surface area contributed by atoms with E-state index in [-0.39, 0.29) is 0 Å². The van der Waals surface area contributed by atoms with Crippen LogP contribution >= 0.6 is 27.3 Å². The Morgan fingerprint density at radius 2 is 2.26 bits per heavy atom. The number of fused-ring (bicyclic) bond motifs is 2. The Balaban J connectivity index is 1.67. The van der Waals surface area contributed by atoms with E-state index in [1.807, 2.05) is 11.3 Å². The van der Waals surface area contributed by atoms with Gasteiger partial charge in [-0.2, -0.15) is 11.3 Å². The Labute approximate surface area is 129 Å². The Hall–Kier alpha value is 0.140. The molecule has 0 spiro atoms. The third-order valence-corrected chi connectivity index (χ3v) is 6.83. The molecule has 0 aliphatic heterocycles. The van der Waals surface area contributed by atoms with E-state index in [1.165, 1.54) is 48.6 Å². The molecule has 2 aliphatic carbocycles. The van der Waals surface area contributed by atoms with E-state index in [4.69, 9.17) is 0 Å². The van der Waals surface area contributed by atoms with Crippen molar-refractivity contribution in [3.05, 3.63) is 20.8 Å². The Morgan fingerprint density at radius 1 is 1.37 bits per heavy atom. The van der Waals surface area contributed by atoms with Crippen LogP contribution in [-0.4, -0.2) is 6.54 Å². The van der Waals surface area contributed by atoms with Crippen molar-refractivity contribution in [3.63, 3.8) is 0 Å². The van der Waals surface area contributed by atoms with E-state index in [0.29, 0.717) is 6.04 Å². The first-order chi connectivity index (χ1) is 9.28. The van der Waals surface area contributed by atoms with Crippen LogP contribution in [-0.2, 0) is 0 Å². The lowest BCUT2D eigenvalue weighted by Crippen LogP contribution is -2.26. The minimum absolute atomic E-state index is 0.560. The van der Waals surface area contributed by atoms with Gasteiger partial charge in [-0.3, -0.25) is 0 Å². The van der Waals surface area contributed by atoms with E-state index >= 15 is 0 Å². The molecule has 2 aliphatic rings. The smallest absolute Gasteiger partial charge is 0.0342 e. The zero-order valence-electron chi connectivity index (χ0n) is 11.7. The SMILES string of the molecule is CCCNC(CC1CC2CCC1C2)c1cscc1Br. The van der Waals surface area contributed by atoms with Crippen molar-refractivity contribution in [2.45, 2.75) is 51.5 Å². The van der Waals surface area contributed by atoms with Gasteiger partial charge in [0.25, 0.3) is 0 Å². The summed E-state index contributed by atoms with van der Waals surface area (Å²) in [5.74, 6) is 3.07. The molecule has 2 saturated carbocycles. The molecular formula is C16H24BrNS. The lowest BCUT2D eigenvalue weighted by Gasteiger charge is -2.27. The second-order valence-corrected chi connectivity index (χ2v) is 7.95. The maximum absolute atomic E-state index is 3.78. The molecule has 0 amide bonds. The highest BCUT2D eigenvalue weighted by atomic mass is 79.9. The van der Waals surface area contributed by atoms with Crippen LogP contribution in [0.15, 0.2) is 15.2 Å². The minimum atomic E-state index is 0.560. The molecule has 1 nitrogen and oxygen atoms in total. The monoisotopic (exact) mass is 341 g/mol. The minimum Gasteiger partial charge on any atom is -0.310 e. The van der Waals surface area contributed by atoms with Crippen LogP contribution in [0.2, 0.25) is 0 Å². The van der Waals surface area contributed by atoms with E-state index in [1.54, 1.807) is 0 Å². The number of nitrogens with one attached hydrogen (secondary N) is 1. The number of rotatable bonds is 6. The van der Waals surface area contributed by atoms with Gasteiger partial charge >= 0.3 is 0 Å². The van der Waals surface area contributed by atoms with E-state index in [0.717, 1.165) is 24.3 Å². The van der Waals surface area contributed by atoms with Gasteiger partial charge in [0, 0.05) is 15.9 Å². The van der Waals surface area contributed by atoms with Crippen LogP contribution in [0.3, 0.4) is 0 Å². The van der Waals surface area contributed by atoms with E-state index < -0.39 is 0 Å². The zero-order chi connectivity index (χ0) is 13.2. The predicted octanol–water partition coefficient (Wildman–Crippen LogP) is 5.38. The Kier molecular flexibility index (Phi) is 4.66. The normalized spacial score (nSPS) is 30.9. The fraction of sp³-hybridized carbons (Fsp3) is 0.750. The van der Waals surface area contributed by atoms with Gasteiger partial charge in [-0.1, -0.05) is 13.3 Å². The molecule has 1 N–H and O–H groups in total. The summed E-state index contributed by atoms with van der Waals surface area (Å²) in [7, 11) is 0. The number of thiophene rings is 1. The summed E-state index contributed by atoms with van der Waals surface area (Å²) in [6.45, 7) is 3.39. The van der Waals surface area contributed by atoms with Crippen LogP contribution in [0, 0.1) is 17.8 Å². The first kappa shape index (κ1) is 14.1. The Bertz CT molecular complexity index is 417. The fourth-order valence-corrected chi connectivity index (χ4v) is 5.77. The largest absolute Gasteiger partial charge is 0.310 e. The van der Waals surface area contributed by atoms with Gasteiger partial charge in [0.05, 0.1) is 0 Å². The van der Waals surface area contributed by atoms with Crippen LogP contribution in [0.1, 0.15) is 57.1 Å². The zero-order valence-corrected chi connectivity index (χ0v) is 14.1. The summed E-state index contributed by atoms with van der Waals surface area (Å²) < 4.78 is 1.30. The summed E-state index contributed by atoms with van der Waals surface area (Å²) in [4.78, 5) is 0. The molecule has 1 aromatic heterocycles. The summed E-state index contributed by atoms with van der Waals surface area (Å²) in [5, 5.41) is 8.32. The summed E-state index contributed by atoms with van der Waals surface area (Å²) in [5.41, 5.74) is 1.49. The third kappa shape index (κ3) is 3.08. The van der Waals surface area contributed by atoms with Gasteiger partial charge in [-0.05, 0) is 83.3 Å². The van der Waals surface area contributed by atoms with Gasteiger partial charge in [0.15, 0.2) is 0 Å². The molecule has 2 bridgehead atoms. The summed E-state index contributed by atoms with van der Waals surface area (Å²) >= 11 is 5.53. The van der Waals surface area contributed by atoms with Gasteiger partial charge < -0.3 is 5.32 Å². The molecule has 1 aromatic rings. The second-order valence-electron chi connectivity index (χ2n) is 6.35. The first-order valence-corrected chi connectivity index (χ1v) is 9.46. The van der Waals surface area contributed by atoms with Gasteiger partial charge in [0.1, 0.15) is 0 Å². The number of halogens is 1. The van der Waals surface area contributed by atoms with Crippen LogP contribution in [0.5, 0.6) is 0 Å². The highest BCUT2D eigenvalue weighted by Crippen LogP contribution is 2.51. The molecule has 3 rings (SSSR count). The van der Waals surface area contributed by atoms with Crippen LogP contribution < -0.4 is 5.32 Å². The van der Waals surface area contributed by atoms with Crippen molar-refractivity contribution >= 4 is 27.3 Å². The van der Waals surface area contributed by atoms with Gasteiger partial charge in [-0.25, -0.2) is 0 Å². The predicted molar refractivity (Wildman–Crippen MR) is 86.6 cm³/mol. The summed E-state index contributed by atoms with van der Waals surface area (Å²) in [6.07, 6.45) is 8.59. The molecular weight excluding hydrogens is 318 g/mol. The van der Waals surface area contributed by atoms with E-state index in [9.17, 15) is 0 Å². The molecule has 4 unspecified atom stereocenters. The fourth-order valence-electron chi connectivity index (χ4n) is 4.15. The van der Waals surface area contributed by atoms with Crippen molar-refractivity contribution in [1.82, 2.24) is 5.32 Å². The highest BCUT2D eigenvalue weighted by Gasteiger charge is 2.40. The highest BCUT2D eigenvalue weighted by molar-refractivity contribution is 9.10. The first-order valence-electron chi connectivity index (χ1n) is 7.73. The molecule has 19 heavy (non-hydrogen) atoms. The topological polar surface area (TPSA) is 12.0 Å². The molecule has 0 aromatic carbocycles. The van der Waals surface area contributed by atoms with Crippen LogP contribution in [0.25, 0.3) is 0 Å². The van der Waals surface area contributed by atoms with Crippen LogP contribution in [0.4, 0.5) is 0 Å². The average molecular weight is 342 g/mol. The average Bonchev–Trinajstić information content (AvgIpc) is 3.10. The standard InChI is InChI=1S/C16H24BrNS/c1-2-5-18-16(14-9-19-10-15(14)17)8-13-7-11-3-4-12(13)6-11/h9-13,16,18H,2-8H2,1H3. The molecule has 1 heterocycles. The molecule has 0 radical (unpaired) electrons. The maximum atomic E-state index is 3.78. The third-order valence-electron chi connectivity index (χ3n) is 5.08. The van der Waals surface area contributed by atoms with Crippen molar-refractivity contribution in [3.8, 4) is 0 Å². The van der Waals surface area contributed by atoms with Gasteiger partial charge in [0.2, 0.25) is 0 Å². The molecule has 0 saturated heterocycles. The molecule has 4 atom stereocenters. The molecule has 2 fully saturated rings. The Morgan fingerprint density at radius 3 is 2.84 bits per heavy atom. The van der Waals surface area contributed by atoms with Crippen molar-refractivity contribution < 1.29 is 0 Å². The van der Waals surface area contributed by atoms with Gasteiger partial charge in [-0.15, -0.1) is 0 Å². The maximum Gasteiger partial charge on any atom is 0.0342 e. The molecule has 3 heteroatoms.